The van der Waals surface area contributed by atoms with Gasteiger partial charge in [0.05, 0.1) is 12.1 Å². The SMILES string of the molecule is Cn1ccc2c(OCC(=O)NCCOc3ccc4c(c3)OCO4)cccc21. The number of fused-ring (bicyclic) bond motifs is 2. The number of rotatable bonds is 7. The van der Waals surface area contributed by atoms with Gasteiger partial charge in [-0.1, -0.05) is 6.07 Å². The normalized spacial score (nSPS) is 12.2. The maximum atomic E-state index is 12.0. The molecule has 0 saturated carbocycles. The second kappa shape index (κ2) is 7.49. The molecule has 0 saturated heterocycles. The number of benzene rings is 2. The Balaban J connectivity index is 1.22. The first kappa shape index (κ1) is 17.1. The van der Waals surface area contributed by atoms with Crippen LogP contribution in [0.4, 0.5) is 0 Å². The molecule has 2 aromatic carbocycles. The van der Waals surface area contributed by atoms with Crippen LogP contribution in [-0.2, 0) is 11.8 Å². The van der Waals surface area contributed by atoms with Crippen molar-refractivity contribution in [1.82, 2.24) is 9.88 Å². The van der Waals surface area contributed by atoms with Gasteiger partial charge in [-0.2, -0.15) is 0 Å². The van der Waals surface area contributed by atoms with Crippen molar-refractivity contribution in [1.29, 1.82) is 0 Å². The zero-order chi connectivity index (χ0) is 18.6. The van der Waals surface area contributed by atoms with E-state index in [1.54, 1.807) is 18.2 Å². The Kier molecular flexibility index (Phi) is 4.74. The van der Waals surface area contributed by atoms with E-state index in [9.17, 15) is 4.79 Å². The van der Waals surface area contributed by atoms with Crippen LogP contribution in [0.1, 0.15) is 0 Å². The molecule has 0 bridgehead atoms. The van der Waals surface area contributed by atoms with Crippen LogP contribution < -0.4 is 24.3 Å². The number of hydrogen-bond donors (Lipinski definition) is 1. The van der Waals surface area contributed by atoms with Crippen LogP contribution in [-0.4, -0.2) is 37.0 Å². The minimum absolute atomic E-state index is 0.0436. The van der Waals surface area contributed by atoms with Crippen molar-refractivity contribution >= 4 is 16.8 Å². The number of nitrogens with zero attached hydrogens (tertiary/aromatic N) is 1. The number of carbonyl (C=O) groups is 1. The van der Waals surface area contributed by atoms with Crippen molar-refractivity contribution in [3.05, 3.63) is 48.7 Å². The number of nitrogens with one attached hydrogen (secondary N) is 1. The van der Waals surface area contributed by atoms with Crippen LogP contribution in [0.3, 0.4) is 0 Å². The topological polar surface area (TPSA) is 71.0 Å². The van der Waals surface area contributed by atoms with E-state index < -0.39 is 0 Å². The highest BCUT2D eigenvalue weighted by Gasteiger charge is 2.13. The summed E-state index contributed by atoms with van der Waals surface area (Å²) in [6.07, 6.45) is 1.96. The molecule has 1 aromatic heterocycles. The van der Waals surface area contributed by atoms with Crippen LogP contribution in [0, 0.1) is 0 Å². The number of amides is 1. The lowest BCUT2D eigenvalue weighted by molar-refractivity contribution is -0.123. The molecule has 1 aliphatic rings. The molecule has 0 aliphatic carbocycles. The Morgan fingerprint density at radius 1 is 1.15 bits per heavy atom. The lowest BCUT2D eigenvalue weighted by Crippen LogP contribution is -2.32. The van der Waals surface area contributed by atoms with E-state index in [-0.39, 0.29) is 19.3 Å². The molecule has 27 heavy (non-hydrogen) atoms. The molecule has 1 aliphatic heterocycles. The van der Waals surface area contributed by atoms with Gasteiger partial charge in [-0.05, 0) is 30.3 Å². The summed E-state index contributed by atoms with van der Waals surface area (Å²) < 4.78 is 23.8. The van der Waals surface area contributed by atoms with E-state index in [0.717, 1.165) is 10.9 Å². The summed E-state index contributed by atoms with van der Waals surface area (Å²) >= 11 is 0. The van der Waals surface area contributed by atoms with E-state index in [2.05, 4.69) is 5.32 Å². The minimum Gasteiger partial charge on any atom is -0.492 e. The van der Waals surface area contributed by atoms with Crippen molar-refractivity contribution in [2.45, 2.75) is 0 Å². The fourth-order valence-electron chi connectivity index (χ4n) is 2.92. The van der Waals surface area contributed by atoms with Gasteiger partial charge in [0.1, 0.15) is 18.1 Å². The zero-order valence-electron chi connectivity index (χ0n) is 14.9. The molecule has 7 heteroatoms. The molecule has 0 atom stereocenters. The molecule has 0 spiro atoms. The monoisotopic (exact) mass is 368 g/mol. The number of aromatic nitrogens is 1. The molecular formula is C20H20N2O5. The Labute approximate surface area is 156 Å². The van der Waals surface area contributed by atoms with Crippen LogP contribution in [0.15, 0.2) is 48.7 Å². The molecule has 7 nitrogen and oxygen atoms in total. The quantitative estimate of drug-likeness (QED) is 0.649. The van der Waals surface area contributed by atoms with Gasteiger partial charge >= 0.3 is 0 Å². The average Bonchev–Trinajstić information content (AvgIpc) is 3.30. The number of ether oxygens (including phenoxy) is 4. The van der Waals surface area contributed by atoms with Crippen LogP contribution in [0.25, 0.3) is 10.9 Å². The standard InChI is InChI=1S/C20H20N2O5/c1-22-9-7-15-16(22)3-2-4-17(15)25-12-20(23)21-8-10-24-14-5-6-18-19(11-14)27-13-26-18/h2-7,9,11H,8,10,12-13H2,1H3,(H,21,23). The van der Waals surface area contributed by atoms with Crippen LogP contribution >= 0.6 is 0 Å². The Morgan fingerprint density at radius 2 is 2.04 bits per heavy atom. The highest BCUT2D eigenvalue weighted by molar-refractivity contribution is 5.87. The van der Waals surface area contributed by atoms with Crippen molar-refractivity contribution in [2.24, 2.45) is 7.05 Å². The lowest BCUT2D eigenvalue weighted by Gasteiger charge is -2.10. The average molecular weight is 368 g/mol. The van der Waals surface area contributed by atoms with E-state index >= 15 is 0 Å². The third kappa shape index (κ3) is 3.76. The number of carbonyl (C=O) groups excluding carboxylic acids is 1. The van der Waals surface area contributed by atoms with Gasteiger partial charge in [0, 0.05) is 24.7 Å². The molecule has 4 rings (SSSR count). The number of hydrogen-bond acceptors (Lipinski definition) is 5. The smallest absolute Gasteiger partial charge is 0.258 e. The fourth-order valence-corrected chi connectivity index (χ4v) is 2.92. The molecule has 0 radical (unpaired) electrons. The third-order valence-electron chi connectivity index (χ3n) is 4.28. The third-order valence-corrected chi connectivity index (χ3v) is 4.28. The van der Waals surface area contributed by atoms with Gasteiger partial charge < -0.3 is 28.8 Å². The van der Waals surface area contributed by atoms with Crippen molar-refractivity contribution in [3.63, 3.8) is 0 Å². The Bertz CT molecular complexity index is 966. The van der Waals surface area contributed by atoms with Gasteiger partial charge in [-0.3, -0.25) is 4.79 Å². The van der Waals surface area contributed by atoms with Gasteiger partial charge in [0.15, 0.2) is 18.1 Å². The maximum Gasteiger partial charge on any atom is 0.258 e. The summed E-state index contributed by atoms with van der Waals surface area (Å²) in [7, 11) is 1.97. The predicted octanol–water partition coefficient (Wildman–Crippen LogP) is 2.48. The highest BCUT2D eigenvalue weighted by atomic mass is 16.7. The molecule has 0 fully saturated rings. The van der Waals surface area contributed by atoms with Crippen molar-refractivity contribution < 1.29 is 23.7 Å². The molecule has 0 unspecified atom stereocenters. The predicted molar refractivity (Wildman–Crippen MR) is 99.5 cm³/mol. The molecule has 3 aromatic rings. The van der Waals surface area contributed by atoms with Crippen molar-refractivity contribution in [3.8, 4) is 23.0 Å². The molecule has 2 heterocycles. The zero-order valence-corrected chi connectivity index (χ0v) is 14.9. The molecular weight excluding hydrogens is 348 g/mol. The van der Waals surface area contributed by atoms with Gasteiger partial charge in [0.25, 0.3) is 5.91 Å². The van der Waals surface area contributed by atoms with Crippen LogP contribution in [0.5, 0.6) is 23.0 Å². The largest absolute Gasteiger partial charge is 0.492 e. The van der Waals surface area contributed by atoms with E-state index in [4.69, 9.17) is 18.9 Å². The van der Waals surface area contributed by atoms with Gasteiger partial charge in [0.2, 0.25) is 6.79 Å². The summed E-state index contributed by atoms with van der Waals surface area (Å²) in [6, 6.07) is 13.1. The summed E-state index contributed by atoms with van der Waals surface area (Å²) in [5.41, 5.74) is 1.06. The summed E-state index contributed by atoms with van der Waals surface area (Å²) in [6.45, 7) is 0.912. The second-order valence-electron chi connectivity index (χ2n) is 6.12. The molecule has 1 N–H and O–H groups in total. The Hall–Kier alpha value is -3.35. The van der Waals surface area contributed by atoms with E-state index in [1.807, 2.05) is 42.1 Å². The Morgan fingerprint density at radius 3 is 2.96 bits per heavy atom. The van der Waals surface area contributed by atoms with Crippen LogP contribution in [0.2, 0.25) is 0 Å². The maximum absolute atomic E-state index is 12.0. The van der Waals surface area contributed by atoms with E-state index in [1.165, 1.54) is 0 Å². The van der Waals surface area contributed by atoms with Crippen molar-refractivity contribution in [2.75, 3.05) is 26.6 Å². The summed E-state index contributed by atoms with van der Waals surface area (Å²) in [4.78, 5) is 12.0. The minimum atomic E-state index is -0.197. The van der Waals surface area contributed by atoms with Gasteiger partial charge in [-0.15, -0.1) is 0 Å². The summed E-state index contributed by atoms with van der Waals surface area (Å²) in [5.74, 6) is 2.54. The summed E-state index contributed by atoms with van der Waals surface area (Å²) in [5, 5.41) is 3.76. The number of aryl methyl sites for hydroxylation is 1. The van der Waals surface area contributed by atoms with E-state index in [0.29, 0.717) is 36.1 Å². The highest BCUT2D eigenvalue weighted by Crippen LogP contribution is 2.35. The molecule has 140 valence electrons. The second-order valence-corrected chi connectivity index (χ2v) is 6.12. The van der Waals surface area contributed by atoms with Gasteiger partial charge in [-0.25, -0.2) is 0 Å². The first-order valence-electron chi connectivity index (χ1n) is 8.67. The fraction of sp³-hybridized carbons (Fsp3) is 0.250. The first-order valence-corrected chi connectivity index (χ1v) is 8.67. The lowest BCUT2D eigenvalue weighted by atomic mass is 10.2. The first-order chi connectivity index (χ1) is 13.2. The molecule has 1 amide bonds.